The Morgan fingerprint density at radius 2 is 1.80 bits per heavy atom. The zero-order chi connectivity index (χ0) is 13.3. The van der Waals surface area contributed by atoms with Crippen LogP contribution in [0.5, 0.6) is 0 Å². The van der Waals surface area contributed by atoms with E-state index in [0.29, 0.717) is 6.42 Å². The largest absolute Gasteiger partial charge is 0.343 e. The van der Waals surface area contributed by atoms with Crippen molar-refractivity contribution in [2.24, 2.45) is 5.92 Å². The van der Waals surface area contributed by atoms with Crippen molar-refractivity contribution in [1.29, 1.82) is 0 Å². The summed E-state index contributed by atoms with van der Waals surface area (Å²) in [5, 5.41) is 2.96. The van der Waals surface area contributed by atoms with Gasteiger partial charge in [-0.1, -0.05) is 19.3 Å². The topological polar surface area (TPSA) is 72.0 Å². The maximum absolute atomic E-state index is 12.6. The van der Waals surface area contributed by atoms with Gasteiger partial charge in [0.25, 0.3) is 0 Å². The highest BCUT2D eigenvalue weighted by molar-refractivity contribution is 6.13. The van der Waals surface area contributed by atoms with E-state index in [1.165, 1.54) is 6.33 Å². The zero-order valence-electron chi connectivity index (χ0n) is 11.2. The molecule has 1 aliphatic heterocycles. The van der Waals surface area contributed by atoms with Crippen LogP contribution in [0, 0.1) is 5.92 Å². The molecule has 20 heavy (non-hydrogen) atoms. The van der Waals surface area contributed by atoms with E-state index in [1.807, 2.05) is 0 Å². The molecule has 1 N–H and O–H groups in total. The van der Waals surface area contributed by atoms with Gasteiger partial charge in [0, 0.05) is 12.4 Å². The van der Waals surface area contributed by atoms with Gasteiger partial charge in [-0.2, -0.15) is 0 Å². The van der Waals surface area contributed by atoms with Crippen LogP contribution < -0.4 is 5.32 Å². The van der Waals surface area contributed by atoms with Crippen LogP contribution in [0.15, 0.2) is 18.7 Å². The molecule has 3 rings (SSSR count). The number of carbonyl (C=O) groups is 2. The van der Waals surface area contributed by atoms with Crippen molar-refractivity contribution in [3.05, 3.63) is 24.3 Å². The molecule has 108 valence electrons. The average molecular weight is 296 g/mol. The van der Waals surface area contributed by atoms with E-state index in [2.05, 4.69) is 15.3 Å². The van der Waals surface area contributed by atoms with Gasteiger partial charge < -0.3 is 5.32 Å². The fourth-order valence-electron chi connectivity index (χ4n) is 3.22. The van der Waals surface area contributed by atoms with Crippen LogP contribution in [-0.2, 0) is 16.0 Å². The number of amides is 1. The highest BCUT2D eigenvalue weighted by atomic mass is 35.5. The minimum Gasteiger partial charge on any atom is -0.343 e. The lowest BCUT2D eigenvalue weighted by molar-refractivity contribution is -0.129. The summed E-state index contributed by atoms with van der Waals surface area (Å²) in [5.74, 6) is -0.624. The Morgan fingerprint density at radius 3 is 2.45 bits per heavy atom. The van der Waals surface area contributed by atoms with Gasteiger partial charge in [-0.05, 0) is 24.8 Å². The molecule has 1 saturated carbocycles. The highest BCUT2D eigenvalue weighted by Gasteiger charge is 2.52. The fourth-order valence-corrected chi connectivity index (χ4v) is 3.22. The highest BCUT2D eigenvalue weighted by Crippen LogP contribution is 2.36. The zero-order valence-corrected chi connectivity index (χ0v) is 12.0. The maximum Gasteiger partial charge on any atom is 0.231 e. The van der Waals surface area contributed by atoms with Gasteiger partial charge >= 0.3 is 0 Å². The molecule has 1 aliphatic carbocycles. The first kappa shape index (κ1) is 14.9. The quantitative estimate of drug-likeness (QED) is 0.839. The first-order valence-electron chi connectivity index (χ1n) is 6.81. The van der Waals surface area contributed by atoms with E-state index in [-0.39, 0.29) is 24.1 Å². The molecule has 2 fully saturated rings. The number of hydrogen-bond acceptors (Lipinski definition) is 4. The third-order valence-corrected chi connectivity index (χ3v) is 4.23. The second kappa shape index (κ2) is 5.87. The summed E-state index contributed by atoms with van der Waals surface area (Å²) in [6, 6.07) is 0. The molecule has 1 aromatic heterocycles. The van der Waals surface area contributed by atoms with Crippen LogP contribution in [0.3, 0.4) is 0 Å². The minimum atomic E-state index is -0.574. The van der Waals surface area contributed by atoms with E-state index < -0.39 is 11.5 Å². The minimum absolute atomic E-state index is 0. The number of aromatic nitrogens is 2. The molecular formula is C14H18ClN3O2. The number of Topliss-reactive ketones (excluding diaryl/α,β-unsaturated/α-hetero) is 1. The molecule has 0 bridgehead atoms. The van der Waals surface area contributed by atoms with Gasteiger partial charge in [0.15, 0.2) is 5.78 Å². The van der Waals surface area contributed by atoms with Crippen molar-refractivity contribution in [3.8, 4) is 0 Å². The molecule has 1 unspecified atom stereocenters. The second-order valence-corrected chi connectivity index (χ2v) is 5.50. The Bertz CT molecular complexity index is 500. The Labute approximate surface area is 124 Å². The lowest BCUT2D eigenvalue weighted by Gasteiger charge is -2.31. The first-order chi connectivity index (χ1) is 9.21. The van der Waals surface area contributed by atoms with Crippen LogP contribution in [0.25, 0.3) is 0 Å². The Hall–Kier alpha value is -1.49. The van der Waals surface area contributed by atoms with Gasteiger partial charge in [0.05, 0.1) is 5.54 Å². The van der Waals surface area contributed by atoms with Gasteiger partial charge in [-0.25, -0.2) is 9.97 Å². The van der Waals surface area contributed by atoms with Crippen molar-refractivity contribution >= 4 is 24.1 Å². The number of carbonyl (C=O) groups excluding carboxylic acids is 2. The predicted molar refractivity (Wildman–Crippen MR) is 75.4 cm³/mol. The Balaban J connectivity index is 0.00000147. The molecule has 2 aliphatic rings. The molecule has 0 radical (unpaired) electrons. The summed E-state index contributed by atoms with van der Waals surface area (Å²) in [6.45, 7) is 0. The number of hydrogen-bond donors (Lipinski definition) is 1. The summed E-state index contributed by atoms with van der Waals surface area (Å²) >= 11 is 0. The van der Waals surface area contributed by atoms with Crippen LogP contribution in [0.2, 0.25) is 0 Å². The average Bonchev–Trinajstić information content (AvgIpc) is 2.66. The maximum atomic E-state index is 12.6. The van der Waals surface area contributed by atoms with Crippen LogP contribution in [0.1, 0.15) is 37.7 Å². The van der Waals surface area contributed by atoms with E-state index in [4.69, 9.17) is 0 Å². The standard InChI is InChI=1S/C14H17N3O2.ClH/c18-12-11(6-10-7-15-9-16-8-10)13(19)17-14(12)4-2-1-3-5-14;/h7-9,11H,1-6H2,(H,17,19);1H. The lowest BCUT2D eigenvalue weighted by atomic mass is 9.77. The molecule has 1 atom stereocenters. The van der Waals surface area contributed by atoms with Crippen LogP contribution in [0.4, 0.5) is 0 Å². The summed E-state index contributed by atoms with van der Waals surface area (Å²) in [6.07, 6.45) is 9.97. The normalized spacial score (nSPS) is 24.3. The fraction of sp³-hybridized carbons (Fsp3) is 0.571. The molecule has 5 nitrogen and oxygen atoms in total. The van der Waals surface area contributed by atoms with Crippen LogP contribution >= 0.6 is 12.4 Å². The molecule has 1 saturated heterocycles. The summed E-state index contributed by atoms with van der Waals surface area (Å²) in [5.41, 5.74) is 0.263. The smallest absolute Gasteiger partial charge is 0.231 e. The van der Waals surface area contributed by atoms with Gasteiger partial charge in [0.2, 0.25) is 5.91 Å². The lowest BCUT2D eigenvalue weighted by Crippen LogP contribution is -2.48. The van der Waals surface area contributed by atoms with Crippen molar-refractivity contribution in [3.63, 3.8) is 0 Å². The van der Waals surface area contributed by atoms with Gasteiger partial charge in [-0.3, -0.25) is 9.59 Å². The van der Waals surface area contributed by atoms with Crippen LogP contribution in [-0.4, -0.2) is 27.2 Å². The van der Waals surface area contributed by atoms with E-state index in [1.54, 1.807) is 12.4 Å². The second-order valence-electron chi connectivity index (χ2n) is 5.50. The number of ketones is 1. The summed E-state index contributed by atoms with van der Waals surface area (Å²) in [4.78, 5) is 32.5. The van der Waals surface area contributed by atoms with Crippen molar-refractivity contribution < 1.29 is 9.59 Å². The third kappa shape index (κ3) is 2.54. The molecule has 1 amide bonds. The van der Waals surface area contributed by atoms with Crippen molar-refractivity contribution in [2.75, 3.05) is 0 Å². The Morgan fingerprint density at radius 1 is 1.15 bits per heavy atom. The van der Waals surface area contributed by atoms with Gasteiger partial charge in [0.1, 0.15) is 12.2 Å². The third-order valence-electron chi connectivity index (χ3n) is 4.23. The molecule has 0 aromatic carbocycles. The number of halogens is 1. The van der Waals surface area contributed by atoms with E-state index >= 15 is 0 Å². The van der Waals surface area contributed by atoms with Crippen molar-refractivity contribution in [2.45, 2.75) is 44.1 Å². The number of nitrogens with one attached hydrogen (secondary N) is 1. The number of rotatable bonds is 2. The van der Waals surface area contributed by atoms with Gasteiger partial charge in [-0.15, -0.1) is 12.4 Å². The summed E-state index contributed by atoms with van der Waals surface area (Å²) < 4.78 is 0. The monoisotopic (exact) mass is 295 g/mol. The SMILES string of the molecule is Cl.O=C1NC2(CCCCC2)C(=O)C1Cc1cncnc1. The molecule has 6 heteroatoms. The molecular weight excluding hydrogens is 278 g/mol. The first-order valence-corrected chi connectivity index (χ1v) is 6.81. The predicted octanol–water partition coefficient (Wildman–Crippen LogP) is 1.46. The molecule has 1 aromatic rings. The van der Waals surface area contributed by atoms with Crippen molar-refractivity contribution in [1.82, 2.24) is 15.3 Å². The molecule has 1 spiro atoms. The number of nitrogens with zero attached hydrogens (tertiary/aromatic N) is 2. The molecule has 2 heterocycles. The Kier molecular flexibility index (Phi) is 4.38. The van der Waals surface area contributed by atoms with E-state index in [9.17, 15) is 9.59 Å². The summed E-state index contributed by atoms with van der Waals surface area (Å²) in [7, 11) is 0. The van der Waals surface area contributed by atoms with E-state index in [0.717, 1.165) is 37.7 Å².